The minimum absolute atomic E-state index is 0.509. The Hall–Kier alpha value is -1.71. The summed E-state index contributed by atoms with van der Waals surface area (Å²) in [6.45, 7) is 5.96. The summed E-state index contributed by atoms with van der Waals surface area (Å²) in [5.74, 6) is 4.90. The van der Waals surface area contributed by atoms with Crippen LogP contribution in [0.1, 0.15) is 11.1 Å². The van der Waals surface area contributed by atoms with E-state index in [2.05, 4.69) is 22.0 Å². The van der Waals surface area contributed by atoms with E-state index < -0.39 is 0 Å². The first kappa shape index (κ1) is 9.38. The molecule has 68 valence electrons. The molecule has 0 aliphatic carbocycles. The first-order valence-electron chi connectivity index (χ1n) is 3.91. The highest BCUT2D eigenvalue weighted by Crippen LogP contribution is 2.19. The van der Waals surface area contributed by atoms with Gasteiger partial charge in [-0.1, -0.05) is 17.4 Å². The Bertz CT molecular complexity index is 330. The molecule has 2 N–H and O–H groups in total. The number of nitrogens with two attached hydrogens (primary N) is 1. The van der Waals surface area contributed by atoms with Gasteiger partial charge in [-0.15, -0.1) is 0 Å². The molecule has 4 nitrogen and oxygen atoms in total. The van der Waals surface area contributed by atoms with Crippen molar-refractivity contribution in [3.05, 3.63) is 29.3 Å². The van der Waals surface area contributed by atoms with Gasteiger partial charge in [0.2, 0.25) is 0 Å². The van der Waals surface area contributed by atoms with Gasteiger partial charge < -0.3 is 5.84 Å². The fourth-order valence-electron chi connectivity index (χ4n) is 1.12. The number of benzene rings is 1. The third kappa shape index (κ3) is 2.37. The molecule has 0 bridgehead atoms. The van der Waals surface area contributed by atoms with Crippen LogP contribution < -0.4 is 5.84 Å². The summed E-state index contributed by atoms with van der Waals surface area (Å²) >= 11 is 0. The van der Waals surface area contributed by atoms with Crippen LogP contribution in [0.3, 0.4) is 0 Å². The Labute approximate surface area is 77.2 Å². The van der Waals surface area contributed by atoms with Gasteiger partial charge in [-0.05, 0) is 30.8 Å². The van der Waals surface area contributed by atoms with Crippen LogP contribution in [0.4, 0.5) is 5.69 Å². The van der Waals surface area contributed by atoms with Crippen molar-refractivity contribution in [1.29, 1.82) is 0 Å². The van der Waals surface area contributed by atoms with E-state index in [0.717, 1.165) is 16.8 Å². The van der Waals surface area contributed by atoms with Gasteiger partial charge in [0.25, 0.3) is 0 Å². The van der Waals surface area contributed by atoms with Crippen LogP contribution in [0.15, 0.2) is 33.5 Å². The molecule has 0 spiro atoms. The van der Waals surface area contributed by atoms with Gasteiger partial charge in [-0.3, -0.25) is 4.99 Å². The van der Waals surface area contributed by atoms with Crippen LogP contribution in [0, 0.1) is 6.92 Å². The Morgan fingerprint density at radius 2 is 2.23 bits per heavy atom. The van der Waals surface area contributed by atoms with Gasteiger partial charge in [0.05, 0.1) is 12.2 Å². The zero-order valence-corrected chi connectivity index (χ0v) is 7.57. The van der Waals surface area contributed by atoms with Gasteiger partial charge >= 0.3 is 0 Å². The Balaban J connectivity index is 2.89. The molecule has 0 saturated heterocycles. The van der Waals surface area contributed by atoms with E-state index >= 15 is 0 Å². The van der Waals surface area contributed by atoms with Crippen molar-refractivity contribution in [3.8, 4) is 0 Å². The highest BCUT2D eigenvalue weighted by atomic mass is 15.3. The van der Waals surface area contributed by atoms with E-state index in [1.54, 1.807) is 0 Å². The highest BCUT2D eigenvalue weighted by molar-refractivity contribution is 5.52. The minimum atomic E-state index is 0.509. The lowest BCUT2D eigenvalue weighted by Gasteiger charge is -2.01. The largest absolute Gasteiger partial charge is 0.305 e. The number of aliphatic imine (C=N–C) groups is 1. The van der Waals surface area contributed by atoms with Crippen molar-refractivity contribution in [2.45, 2.75) is 13.5 Å². The predicted molar refractivity (Wildman–Crippen MR) is 53.1 cm³/mol. The van der Waals surface area contributed by atoms with Gasteiger partial charge in [0.1, 0.15) is 0 Å². The van der Waals surface area contributed by atoms with E-state index in [9.17, 15) is 0 Å². The Morgan fingerprint density at radius 1 is 1.46 bits per heavy atom. The van der Waals surface area contributed by atoms with Crippen molar-refractivity contribution >= 4 is 12.4 Å². The normalized spacial score (nSPS) is 10.5. The van der Waals surface area contributed by atoms with Gasteiger partial charge in [0, 0.05) is 0 Å². The van der Waals surface area contributed by atoms with E-state index in [1.165, 1.54) is 0 Å². The molecule has 0 atom stereocenters. The zero-order chi connectivity index (χ0) is 9.68. The zero-order valence-electron chi connectivity index (χ0n) is 7.57. The maximum absolute atomic E-state index is 4.90. The molecule has 1 aromatic rings. The van der Waals surface area contributed by atoms with Crippen LogP contribution in [-0.2, 0) is 6.54 Å². The Morgan fingerprint density at radius 3 is 2.77 bits per heavy atom. The van der Waals surface area contributed by atoms with Crippen LogP contribution in [0.25, 0.3) is 0 Å². The first-order valence-corrected chi connectivity index (χ1v) is 3.91. The predicted octanol–water partition coefficient (Wildman–Crippen LogP) is 2.15. The van der Waals surface area contributed by atoms with Crippen molar-refractivity contribution in [3.63, 3.8) is 0 Å². The van der Waals surface area contributed by atoms with Crippen molar-refractivity contribution in [2.75, 3.05) is 0 Å². The molecule has 0 saturated carbocycles. The summed E-state index contributed by atoms with van der Waals surface area (Å²) in [5.41, 5.74) is 3.05. The number of aryl methyl sites for hydroxylation is 1. The molecule has 1 aromatic carbocycles. The first-order chi connectivity index (χ1) is 6.27. The fourth-order valence-corrected chi connectivity index (χ4v) is 1.12. The summed E-state index contributed by atoms with van der Waals surface area (Å²) in [5, 5.41) is 6.89. The third-order valence-electron chi connectivity index (χ3n) is 1.77. The highest BCUT2D eigenvalue weighted by Gasteiger charge is 1.96. The van der Waals surface area contributed by atoms with Gasteiger partial charge in [-0.2, -0.15) is 5.11 Å². The molecule has 0 aromatic heterocycles. The minimum Gasteiger partial charge on any atom is -0.305 e. The van der Waals surface area contributed by atoms with E-state index in [1.807, 2.05) is 25.1 Å². The van der Waals surface area contributed by atoms with Gasteiger partial charge in [0.15, 0.2) is 0 Å². The van der Waals surface area contributed by atoms with Crippen LogP contribution in [0.2, 0.25) is 0 Å². The number of hydrogen-bond donors (Lipinski definition) is 1. The van der Waals surface area contributed by atoms with Crippen LogP contribution in [0.5, 0.6) is 0 Å². The third-order valence-corrected chi connectivity index (χ3v) is 1.77. The second-order valence-corrected chi connectivity index (χ2v) is 2.69. The summed E-state index contributed by atoms with van der Waals surface area (Å²) < 4.78 is 0. The average Bonchev–Trinajstić information content (AvgIpc) is 2.15. The second-order valence-electron chi connectivity index (χ2n) is 2.69. The number of nitrogens with zero attached hydrogens (tertiary/aromatic N) is 3. The van der Waals surface area contributed by atoms with E-state index in [4.69, 9.17) is 5.84 Å². The molecular formula is C9H12N4. The molecular weight excluding hydrogens is 164 g/mol. The van der Waals surface area contributed by atoms with Crippen molar-refractivity contribution in [1.82, 2.24) is 0 Å². The monoisotopic (exact) mass is 176 g/mol. The van der Waals surface area contributed by atoms with E-state index in [0.29, 0.717) is 6.54 Å². The SMILES string of the molecule is C=Nc1ccc(CN=NN)cc1C. The summed E-state index contributed by atoms with van der Waals surface area (Å²) in [4.78, 5) is 3.86. The molecule has 13 heavy (non-hydrogen) atoms. The fraction of sp³-hybridized carbons (Fsp3) is 0.222. The lowest BCUT2D eigenvalue weighted by molar-refractivity contribution is 0.892. The van der Waals surface area contributed by atoms with Gasteiger partial charge in [-0.25, -0.2) is 0 Å². The standard InChI is InChI=1S/C9H12N4/c1-7-5-8(6-12-13-10)3-4-9(7)11-2/h3-5H,2,6H2,1H3,(H2,10,12). The van der Waals surface area contributed by atoms with Crippen LogP contribution >= 0.6 is 0 Å². The molecule has 0 fully saturated rings. The van der Waals surface area contributed by atoms with E-state index in [-0.39, 0.29) is 0 Å². The Kier molecular flexibility index (Phi) is 3.14. The maximum atomic E-state index is 4.90. The van der Waals surface area contributed by atoms with Crippen molar-refractivity contribution < 1.29 is 0 Å². The smallest absolute Gasteiger partial charge is 0.0870 e. The summed E-state index contributed by atoms with van der Waals surface area (Å²) in [6.07, 6.45) is 0. The number of hydrogen-bond acceptors (Lipinski definition) is 3. The average molecular weight is 176 g/mol. The lowest BCUT2D eigenvalue weighted by Crippen LogP contribution is -1.84. The maximum Gasteiger partial charge on any atom is 0.0870 e. The molecule has 0 radical (unpaired) electrons. The second kappa shape index (κ2) is 4.35. The molecule has 1 rings (SSSR count). The summed E-state index contributed by atoms with van der Waals surface area (Å²) in [7, 11) is 0. The topological polar surface area (TPSA) is 63.1 Å². The molecule has 4 heteroatoms. The summed E-state index contributed by atoms with van der Waals surface area (Å²) in [6, 6.07) is 5.84. The van der Waals surface area contributed by atoms with Crippen LogP contribution in [-0.4, -0.2) is 6.72 Å². The quantitative estimate of drug-likeness (QED) is 0.326. The molecule has 0 aliphatic rings. The molecule has 0 unspecified atom stereocenters. The number of rotatable bonds is 3. The lowest BCUT2D eigenvalue weighted by atomic mass is 10.1. The van der Waals surface area contributed by atoms with Crippen molar-refractivity contribution in [2.24, 2.45) is 21.2 Å². The molecule has 0 amide bonds. The molecule has 0 aliphatic heterocycles. The molecule has 0 heterocycles.